The molecule has 1 aromatic heterocycles. The van der Waals surface area contributed by atoms with E-state index < -0.39 is 0 Å². The molecule has 0 saturated carbocycles. The van der Waals surface area contributed by atoms with Crippen molar-refractivity contribution in [2.45, 2.75) is 6.92 Å². The Bertz CT molecular complexity index is 546. The third kappa shape index (κ3) is 1.74. The van der Waals surface area contributed by atoms with E-state index in [4.69, 9.17) is 11.6 Å². The Morgan fingerprint density at radius 1 is 1.50 bits per heavy atom. The Morgan fingerprint density at radius 2 is 2.25 bits per heavy atom. The Labute approximate surface area is 98.0 Å². The number of aromatic nitrogens is 2. The minimum absolute atomic E-state index is 0.266. The van der Waals surface area contributed by atoms with Crippen LogP contribution >= 0.6 is 11.6 Å². The van der Waals surface area contributed by atoms with Gasteiger partial charge in [0.25, 0.3) is 0 Å². The number of halogens is 2. The predicted octanol–water partition coefficient (Wildman–Crippen LogP) is 3.62. The molecule has 2 rings (SSSR count). The standard InChI is InChI=1S/C12H10ClFN2/c1-3-9-4-5-10(8(2)12(9)14)16-6-11(13)15-7-16/h3-7H,1H2,2H3. The van der Waals surface area contributed by atoms with Gasteiger partial charge in [0, 0.05) is 17.3 Å². The zero-order valence-corrected chi connectivity index (χ0v) is 9.50. The van der Waals surface area contributed by atoms with Gasteiger partial charge in [0.2, 0.25) is 0 Å². The van der Waals surface area contributed by atoms with Gasteiger partial charge in [-0.3, -0.25) is 0 Å². The van der Waals surface area contributed by atoms with Gasteiger partial charge < -0.3 is 4.57 Å². The third-order valence-corrected chi connectivity index (χ3v) is 2.63. The van der Waals surface area contributed by atoms with E-state index in [0.29, 0.717) is 16.3 Å². The van der Waals surface area contributed by atoms with Crippen LogP contribution in [-0.2, 0) is 0 Å². The summed E-state index contributed by atoms with van der Waals surface area (Å²) in [4.78, 5) is 3.89. The molecule has 0 bridgehead atoms. The van der Waals surface area contributed by atoms with Gasteiger partial charge in [-0.15, -0.1) is 0 Å². The molecule has 1 heterocycles. The first-order valence-electron chi connectivity index (χ1n) is 4.75. The lowest BCUT2D eigenvalue weighted by atomic mass is 10.1. The molecule has 4 heteroatoms. The summed E-state index contributed by atoms with van der Waals surface area (Å²) >= 11 is 5.72. The molecule has 0 aliphatic rings. The Morgan fingerprint density at radius 3 is 2.81 bits per heavy atom. The second kappa shape index (κ2) is 4.10. The Kier molecular flexibility index (Phi) is 2.79. The Balaban J connectivity index is 2.59. The molecule has 0 amide bonds. The molecule has 82 valence electrons. The van der Waals surface area contributed by atoms with E-state index in [0.717, 1.165) is 5.69 Å². The average molecular weight is 237 g/mol. The highest BCUT2D eigenvalue weighted by molar-refractivity contribution is 6.29. The molecular weight excluding hydrogens is 227 g/mol. The van der Waals surface area contributed by atoms with Crippen molar-refractivity contribution in [2.75, 3.05) is 0 Å². The number of nitrogens with zero attached hydrogens (tertiary/aromatic N) is 2. The van der Waals surface area contributed by atoms with Gasteiger partial charge in [-0.05, 0) is 19.1 Å². The highest BCUT2D eigenvalue weighted by atomic mass is 35.5. The lowest BCUT2D eigenvalue weighted by Crippen LogP contribution is -1.98. The maximum absolute atomic E-state index is 13.8. The predicted molar refractivity (Wildman–Crippen MR) is 63.4 cm³/mol. The number of hydrogen-bond acceptors (Lipinski definition) is 1. The van der Waals surface area contributed by atoms with Crippen molar-refractivity contribution in [2.24, 2.45) is 0 Å². The number of rotatable bonds is 2. The molecule has 2 nitrogen and oxygen atoms in total. The molecule has 0 unspecified atom stereocenters. The van der Waals surface area contributed by atoms with Gasteiger partial charge in [0.1, 0.15) is 17.3 Å². The van der Waals surface area contributed by atoms with Crippen LogP contribution in [-0.4, -0.2) is 9.55 Å². The minimum atomic E-state index is -0.266. The fourth-order valence-electron chi connectivity index (χ4n) is 1.56. The largest absolute Gasteiger partial charge is 0.304 e. The quantitative estimate of drug-likeness (QED) is 0.779. The summed E-state index contributed by atoms with van der Waals surface area (Å²) in [5, 5.41) is 0.382. The second-order valence-electron chi connectivity index (χ2n) is 3.42. The summed E-state index contributed by atoms with van der Waals surface area (Å²) in [7, 11) is 0. The number of hydrogen-bond donors (Lipinski definition) is 0. The summed E-state index contributed by atoms with van der Waals surface area (Å²) in [6.07, 6.45) is 4.68. The zero-order chi connectivity index (χ0) is 11.7. The van der Waals surface area contributed by atoms with Crippen LogP contribution in [0.1, 0.15) is 11.1 Å². The SMILES string of the molecule is C=Cc1ccc(-n2cnc(Cl)c2)c(C)c1F. The summed E-state index contributed by atoms with van der Waals surface area (Å²) in [5.74, 6) is -0.266. The van der Waals surface area contributed by atoms with Crippen molar-refractivity contribution in [1.82, 2.24) is 9.55 Å². The molecule has 2 aromatic rings. The van der Waals surface area contributed by atoms with E-state index >= 15 is 0 Å². The molecule has 0 spiro atoms. The van der Waals surface area contributed by atoms with Crippen molar-refractivity contribution in [3.05, 3.63) is 53.3 Å². The van der Waals surface area contributed by atoms with Gasteiger partial charge in [-0.2, -0.15) is 0 Å². The van der Waals surface area contributed by atoms with E-state index in [-0.39, 0.29) is 5.82 Å². The fraction of sp³-hybridized carbons (Fsp3) is 0.0833. The highest BCUT2D eigenvalue weighted by Crippen LogP contribution is 2.22. The van der Waals surface area contributed by atoms with E-state index in [1.807, 2.05) is 6.07 Å². The van der Waals surface area contributed by atoms with Gasteiger partial charge in [0.15, 0.2) is 0 Å². The van der Waals surface area contributed by atoms with Crippen LogP contribution in [0, 0.1) is 12.7 Å². The number of benzene rings is 1. The third-order valence-electron chi connectivity index (χ3n) is 2.44. The van der Waals surface area contributed by atoms with Crippen LogP contribution in [0.25, 0.3) is 11.8 Å². The van der Waals surface area contributed by atoms with Crippen LogP contribution in [0.5, 0.6) is 0 Å². The van der Waals surface area contributed by atoms with Crippen molar-refractivity contribution in [3.63, 3.8) is 0 Å². The summed E-state index contributed by atoms with van der Waals surface area (Å²) in [6.45, 7) is 5.27. The lowest BCUT2D eigenvalue weighted by Gasteiger charge is -2.09. The molecule has 0 atom stereocenters. The monoisotopic (exact) mass is 236 g/mol. The van der Waals surface area contributed by atoms with Crippen LogP contribution in [0.2, 0.25) is 5.15 Å². The van der Waals surface area contributed by atoms with E-state index in [9.17, 15) is 4.39 Å². The molecule has 0 fully saturated rings. The van der Waals surface area contributed by atoms with Gasteiger partial charge in [0.05, 0.1) is 5.69 Å². The van der Waals surface area contributed by atoms with Crippen molar-refractivity contribution in [3.8, 4) is 5.69 Å². The molecule has 0 N–H and O–H groups in total. The van der Waals surface area contributed by atoms with E-state index in [1.165, 1.54) is 6.08 Å². The first-order valence-corrected chi connectivity index (χ1v) is 5.12. The smallest absolute Gasteiger partial charge is 0.147 e. The van der Waals surface area contributed by atoms with Gasteiger partial charge in [-0.1, -0.05) is 24.3 Å². The molecular formula is C12H10ClFN2. The van der Waals surface area contributed by atoms with Gasteiger partial charge in [-0.25, -0.2) is 9.37 Å². The van der Waals surface area contributed by atoms with Crippen molar-refractivity contribution in [1.29, 1.82) is 0 Å². The van der Waals surface area contributed by atoms with E-state index in [1.54, 1.807) is 30.1 Å². The topological polar surface area (TPSA) is 17.8 Å². The minimum Gasteiger partial charge on any atom is -0.304 e. The van der Waals surface area contributed by atoms with Crippen molar-refractivity contribution < 1.29 is 4.39 Å². The summed E-state index contributed by atoms with van der Waals surface area (Å²) in [6, 6.07) is 3.49. The van der Waals surface area contributed by atoms with Crippen LogP contribution in [0.3, 0.4) is 0 Å². The lowest BCUT2D eigenvalue weighted by molar-refractivity contribution is 0.614. The zero-order valence-electron chi connectivity index (χ0n) is 8.74. The van der Waals surface area contributed by atoms with Gasteiger partial charge >= 0.3 is 0 Å². The maximum atomic E-state index is 13.8. The summed E-state index contributed by atoms with van der Waals surface area (Å²) in [5.41, 5.74) is 1.77. The molecule has 16 heavy (non-hydrogen) atoms. The molecule has 0 radical (unpaired) electrons. The maximum Gasteiger partial charge on any atom is 0.147 e. The normalized spacial score (nSPS) is 10.4. The first kappa shape index (κ1) is 10.9. The Hall–Kier alpha value is -1.61. The molecule has 0 saturated heterocycles. The highest BCUT2D eigenvalue weighted by Gasteiger charge is 2.09. The first-order chi connectivity index (χ1) is 7.63. The van der Waals surface area contributed by atoms with Crippen molar-refractivity contribution >= 4 is 17.7 Å². The molecule has 1 aromatic carbocycles. The molecule has 0 aliphatic carbocycles. The van der Waals surface area contributed by atoms with Crippen LogP contribution in [0.4, 0.5) is 4.39 Å². The molecule has 0 aliphatic heterocycles. The average Bonchev–Trinajstić information content (AvgIpc) is 2.69. The fourth-order valence-corrected chi connectivity index (χ4v) is 1.71. The van der Waals surface area contributed by atoms with Crippen LogP contribution in [0.15, 0.2) is 31.2 Å². The van der Waals surface area contributed by atoms with Crippen LogP contribution < -0.4 is 0 Å². The van der Waals surface area contributed by atoms with E-state index in [2.05, 4.69) is 11.6 Å². The number of imidazole rings is 1. The summed E-state index contributed by atoms with van der Waals surface area (Å²) < 4.78 is 15.5. The second-order valence-corrected chi connectivity index (χ2v) is 3.81.